The molecule has 0 atom stereocenters. The topological polar surface area (TPSA) is 56.0 Å². The van der Waals surface area contributed by atoms with Crippen LogP contribution in [0.5, 0.6) is 0 Å². The van der Waals surface area contributed by atoms with Gasteiger partial charge in [0.15, 0.2) is 6.29 Å². The van der Waals surface area contributed by atoms with Crippen molar-refractivity contribution >= 4 is 24.4 Å². The summed E-state index contributed by atoms with van der Waals surface area (Å²) in [6, 6.07) is 1.57. The Labute approximate surface area is 64.7 Å². The zero-order valence-electron chi connectivity index (χ0n) is 5.15. The van der Waals surface area contributed by atoms with Crippen LogP contribution in [0.15, 0.2) is 18.5 Å². The smallest absolute Gasteiger partial charge is 0.152 e. The summed E-state index contributed by atoms with van der Waals surface area (Å²) in [7, 11) is 0. The Morgan fingerprint density at radius 2 is 2.30 bits per heavy atom. The number of rotatable bonds is 1. The second kappa shape index (κ2) is 3.85. The average Bonchev–Trinajstić information content (AvgIpc) is 1.89. The van der Waals surface area contributed by atoms with E-state index in [0.29, 0.717) is 17.5 Å². The molecule has 0 fully saturated rings. The van der Waals surface area contributed by atoms with E-state index >= 15 is 0 Å². The molecule has 0 aliphatic heterocycles. The van der Waals surface area contributed by atoms with Crippen molar-refractivity contribution in [2.24, 2.45) is 0 Å². The summed E-state index contributed by atoms with van der Waals surface area (Å²) >= 11 is 0. The predicted octanol–water partition coefficient (Wildman–Crippen LogP) is 0.898. The summed E-state index contributed by atoms with van der Waals surface area (Å²) in [5, 5.41) is 0. The van der Waals surface area contributed by atoms with Gasteiger partial charge in [-0.1, -0.05) is 0 Å². The Bertz CT molecular complexity index is 227. The van der Waals surface area contributed by atoms with Gasteiger partial charge in [0.05, 0.1) is 11.9 Å². The second-order valence-electron chi connectivity index (χ2n) is 1.62. The fourth-order valence-electron chi connectivity index (χ4n) is 0.525. The SMILES string of the molecule is Cl.Nc1cnccc1C=O. The standard InChI is InChI=1S/C6H6N2O.ClH/c7-6-3-8-2-1-5(6)4-9;/h1-4H,7H2;1H. The van der Waals surface area contributed by atoms with Crippen LogP contribution in [0, 0.1) is 0 Å². The molecule has 1 aromatic rings. The van der Waals surface area contributed by atoms with Crippen molar-refractivity contribution < 1.29 is 4.79 Å². The van der Waals surface area contributed by atoms with Crippen molar-refractivity contribution in [3.8, 4) is 0 Å². The van der Waals surface area contributed by atoms with Crippen LogP contribution in [0.1, 0.15) is 10.4 Å². The second-order valence-corrected chi connectivity index (χ2v) is 1.62. The van der Waals surface area contributed by atoms with E-state index in [1.165, 1.54) is 12.4 Å². The molecule has 0 unspecified atom stereocenters. The molecule has 0 radical (unpaired) electrons. The van der Waals surface area contributed by atoms with Crippen LogP contribution < -0.4 is 5.73 Å². The number of anilines is 1. The lowest BCUT2D eigenvalue weighted by molar-refractivity contribution is 0.112. The van der Waals surface area contributed by atoms with Gasteiger partial charge in [-0.2, -0.15) is 0 Å². The number of nitrogens with zero attached hydrogens (tertiary/aromatic N) is 1. The van der Waals surface area contributed by atoms with Gasteiger partial charge in [-0.3, -0.25) is 9.78 Å². The molecular weight excluding hydrogens is 152 g/mol. The Morgan fingerprint density at radius 3 is 2.70 bits per heavy atom. The number of hydrogen-bond acceptors (Lipinski definition) is 3. The van der Waals surface area contributed by atoms with Gasteiger partial charge in [0.2, 0.25) is 0 Å². The fourth-order valence-corrected chi connectivity index (χ4v) is 0.525. The van der Waals surface area contributed by atoms with Gasteiger partial charge >= 0.3 is 0 Å². The van der Waals surface area contributed by atoms with Crippen LogP contribution in [0.3, 0.4) is 0 Å². The molecule has 3 nitrogen and oxygen atoms in total. The third-order valence-electron chi connectivity index (χ3n) is 1.01. The summed E-state index contributed by atoms with van der Waals surface area (Å²) in [6.45, 7) is 0. The number of carbonyl (C=O) groups is 1. The van der Waals surface area contributed by atoms with Gasteiger partial charge in [-0.25, -0.2) is 0 Å². The maximum absolute atomic E-state index is 10.1. The van der Waals surface area contributed by atoms with Crippen molar-refractivity contribution in [1.29, 1.82) is 0 Å². The summed E-state index contributed by atoms with van der Waals surface area (Å²) in [4.78, 5) is 13.8. The Kier molecular flexibility index (Phi) is 3.43. The molecule has 0 bridgehead atoms. The molecule has 1 rings (SSSR count). The van der Waals surface area contributed by atoms with Crippen molar-refractivity contribution in [2.75, 3.05) is 5.73 Å². The normalized spacial score (nSPS) is 8.00. The largest absolute Gasteiger partial charge is 0.397 e. The highest BCUT2D eigenvalue weighted by molar-refractivity contribution is 5.85. The molecule has 0 aliphatic carbocycles. The monoisotopic (exact) mass is 158 g/mol. The predicted molar refractivity (Wildman–Crippen MR) is 41.3 cm³/mol. The first-order valence-electron chi connectivity index (χ1n) is 2.49. The summed E-state index contributed by atoms with van der Waals surface area (Å²) in [6.07, 6.45) is 3.68. The van der Waals surface area contributed by atoms with Gasteiger partial charge in [-0.15, -0.1) is 12.4 Å². The van der Waals surface area contributed by atoms with Crippen molar-refractivity contribution in [2.45, 2.75) is 0 Å². The summed E-state index contributed by atoms with van der Waals surface area (Å²) in [5.41, 5.74) is 6.25. The minimum absolute atomic E-state index is 0. The van der Waals surface area contributed by atoms with Crippen molar-refractivity contribution in [3.63, 3.8) is 0 Å². The number of hydrogen-bond donors (Lipinski definition) is 1. The van der Waals surface area contributed by atoms with E-state index in [1.807, 2.05) is 0 Å². The third-order valence-corrected chi connectivity index (χ3v) is 1.01. The van der Waals surface area contributed by atoms with Crippen molar-refractivity contribution in [3.05, 3.63) is 24.0 Å². The highest BCUT2D eigenvalue weighted by Gasteiger charge is 1.91. The number of aromatic nitrogens is 1. The van der Waals surface area contributed by atoms with Crippen LogP contribution in [0.25, 0.3) is 0 Å². The number of halogens is 1. The van der Waals surface area contributed by atoms with Gasteiger partial charge in [0.25, 0.3) is 0 Å². The Balaban J connectivity index is 0.000000810. The van der Waals surface area contributed by atoms with Gasteiger partial charge in [0, 0.05) is 11.8 Å². The van der Waals surface area contributed by atoms with Crippen LogP contribution in [-0.2, 0) is 0 Å². The van der Waals surface area contributed by atoms with E-state index in [-0.39, 0.29) is 12.4 Å². The first-order valence-corrected chi connectivity index (χ1v) is 2.49. The van der Waals surface area contributed by atoms with E-state index in [0.717, 1.165) is 0 Å². The molecule has 1 aromatic heterocycles. The zero-order chi connectivity index (χ0) is 6.69. The molecule has 0 saturated carbocycles. The molecule has 54 valence electrons. The number of carbonyl (C=O) groups excluding carboxylic acids is 1. The Morgan fingerprint density at radius 1 is 1.60 bits per heavy atom. The molecule has 0 spiro atoms. The van der Waals surface area contributed by atoms with Crippen LogP contribution in [0.4, 0.5) is 5.69 Å². The third kappa shape index (κ3) is 1.70. The average molecular weight is 159 g/mol. The van der Waals surface area contributed by atoms with E-state index in [1.54, 1.807) is 6.07 Å². The number of nitrogens with two attached hydrogens (primary N) is 1. The molecule has 4 heteroatoms. The first-order chi connectivity index (χ1) is 4.34. The van der Waals surface area contributed by atoms with Gasteiger partial charge in [-0.05, 0) is 6.07 Å². The highest BCUT2D eigenvalue weighted by atomic mass is 35.5. The molecule has 2 N–H and O–H groups in total. The lowest BCUT2D eigenvalue weighted by Crippen LogP contribution is -1.92. The Hall–Kier alpha value is -1.09. The molecule has 1 heterocycles. The van der Waals surface area contributed by atoms with E-state index in [2.05, 4.69) is 4.98 Å². The van der Waals surface area contributed by atoms with Crippen LogP contribution >= 0.6 is 12.4 Å². The molecule has 0 aliphatic rings. The highest BCUT2D eigenvalue weighted by Crippen LogP contribution is 2.03. The molecule has 0 saturated heterocycles. The zero-order valence-corrected chi connectivity index (χ0v) is 5.97. The maximum Gasteiger partial charge on any atom is 0.152 e. The van der Waals surface area contributed by atoms with Crippen LogP contribution in [-0.4, -0.2) is 11.3 Å². The fraction of sp³-hybridized carbons (Fsp3) is 0. The number of pyridine rings is 1. The summed E-state index contributed by atoms with van der Waals surface area (Å²) in [5.74, 6) is 0. The lowest BCUT2D eigenvalue weighted by atomic mass is 10.2. The van der Waals surface area contributed by atoms with E-state index in [9.17, 15) is 4.79 Å². The number of nitrogen functional groups attached to an aromatic ring is 1. The minimum atomic E-state index is 0. The van der Waals surface area contributed by atoms with Crippen molar-refractivity contribution in [1.82, 2.24) is 4.98 Å². The minimum Gasteiger partial charge on any atom is -0.397 e. The lowest BCUT2D eigenvalue weighted by Gasteiger charge is -1.92. The first kappa shape index (κ1) is 8.91. The molecule has 0 amide bonds. The van der Waals surface area contributed by atoms with Crippen LogP contribution in [0.2, 0.25) is 0 Å². The van der Waals surface area contributed by atoms with E-state index in [4.69, 9.17) is 5.73 Å². The molecule has 10 heavy (non-hydrogen) atoms. The van der Waals surface area contributed by atoms with Gasteiger partial charge in [0.1, 0.15) is 0 Å². The molecule has 0 aromatic carbocycles. The number of aldehydes is 1. The molecular formula is C6H7ClN2O. The van der Waals surface area contributed by atoms with E-state index < -0.39 is 0 Å². The van der Waals surface area contributed by atoms with Gasteiger partial charge < -0.3 is 5.73 Å². The summed E-state index contributed by atoms with van der Waals surface area (Å²) < 4.78 is 0. The quantitative estimate of drug-likeness (QED) is 0.618. The maximum atomic E-state index is 10.1.